The van der Waals surface area contributed by atoms with E-state index in [1.165, 1.54) is 0 Å². The van der Waals surface area contributed by atoms with E-state index < -0.39 is 17.1 Å². The van der Waals surface area contributed by atoms with Crippen molar-refractivity contribution in [2.75, 3.05) is 11.9 Å². The number of benzene rings is 2. The van der Waals surface area contributed by atoms with Crippen LogP contribution in [0.25, 0.3) is 11.8 Å². The van der Waals surface area contributed by atoms with Gasteiger partial charge in [0.15, 0.2) is 0 Å². The summed E-state index contributed by atoms with van der Waals surface area (Å²) in [6.07, 6.45) is 1.70. The summed E-state index contributed by atoms with van der Waals surface area (Å²) < 4.78 is 2.01. The quantitative estimate of drug-likeness (QED) is 0.556. The topological polar surface area (TPSA) is 71.4 Å². The van der Waals surface area contributed by atoms with E-state index in [0.29, 0.717) is 10.6 Å². The first-order valence-electron chi connectivity index (χ1n) is 10.2. The fourth-order valence-corrected chi connectivity index (χ4v) is 4.36. The van der Waals surface area contributed by atoms with Gasteiger partial charge in [-0.05, 0) is 86.1 Å². The highest BCUT2D eigenvalue weighted by Crippen LogP contribution is 2.33. The molecule has 3 aromatic rings. The minimum absolute atomic E-state index is 0.296. The van der Waals surface area contributed by atoms with Gasteiger partial charge in [0.1, 0.15) is 6.54 Å². The molecule has 0 radical (unpaired) electrons. The van der Waals surface area contributed by atoms with Crippen molar-refractivity contribution in [2.24, 2.45) is 0 Å². The van der Waals surface area contributed by atoms with Crippen molar-refractivity contribution in [3.63, 3.8) is 0 Å². The number of hydrogen-bond acceptors (Lipinski definition) is 4. The van der Waals surface area contributed by atoms with Crippen LogP contribution in [0.5, 0.6) is 0 Å². The molecule has 0 spiro atoms. The zero-order chi connectivity index (χ0) is 22.8. The van der Waals surface area contributed by atoms with E-state index in [1.54, 1.807) is 12.1 Å². The Bertz CT molecular complexity index is 1240. The molecule has 6 nitrogen and oxygen atoms in total. The van der Waals surface area contributed by atoms with Crippen LogP contribution in [0.15, 0.2) is 65.6 Å². The average Bonchev–Trinajstić information content (AvgIpc) is 3.25. The maximum absolute atomic E-state index is 12.9. The van der Waals surface area contributed by atoms with E-state index >= 15 is 0 Å². The summed E-state index contributed by atoms with van der Waals surface area (Å²) in [6.45, 7) is 5.60. The fourth-order valence-electron chi connectivity index (χ4n) is 3.54. The highest BCUT2D eigenvalue weighted by atomic mass is 32.2. The van der Waals surface area contributed by atoms with Gasteiger partial charge in [0.25, 0.3) is 11.1 Å². The van der Waals surface area contributed by atoms with Gasteiger partial charge in [0.2, 0.25) is 5.91 Å². The Balaban J connectivity index is 1.52. The number of aryl methyl sites for hydroxylation is 3. The Hall–Kier alpha value is -3.58. The number of rotatable bonds is 5. The summed E-state index contributed by atoms with van der Waals surface area (Å²) in [6, 6.07) is 19.2. The average molecular weight is 446 g/mol. The number of nitrogens with one attached hydrogen (secondary N) is 1. The maximum atomic E-state index is 12.9. The third kappa shape index (κ3) is 4.38. The van der Waals surface area contributed by atoms with Gasteiger partial charge in [-0.3, -0.25) is 19.3 Å². The first-order chi connectivity index (χ1) is 15.3. The first-order valence-corrected chi connectivity index (χ1v) is 11.0. The molecule has 0 unspecified atom stereocenters. The molecule has 2 aromatic carbocycles. The second-order valence-electron chi connectivity index (χ2n) is 7.69. The Kier molecular flexibility index (Phi) is 6.01. The number of amides is 3. The third-order valence-corrected chi connectivity index (χ3v) is 6.27. The molecule has 4 rings (SSSR count). The van der Waals surface area contributed by atoms with E-state index in [2.05, 4.69) is 5.32 Å². The molecular formula is C25H23N3O3S. The van der Waals surface area contributed by atoms with Crippen LogP contribution in [0, 0.1) is 20.8 Å². The van der Waals surface area contributed by atoms with E-state index in [4.69, 9.17) is 0 Å². The van der Waals surface area contributed by atoms with E-state index in [1.807, 2.05) is 79.9 Å². The predicted molar refractivity (Wildman–Crippen MR) is 128 cm³/mol. The Morgan fingerprint density at radius 1 is 0.969 bits per heavy atom. The van der Waals surface area contributed by atoms with Gasteiger partial charge in [0, 0.05) is 22.8 Å². The van der Waals surface area contributed by atoms with Crippen molar-refractivity contribution in [1.29, 1.82) is 0 Å². The number of hydrogen-bond donors (Lipinski definition) is 1. The van der Waals surface area contributed by atoms with Crippen molar-refractivity contribution >= 4 is 40.6 Å². The SMILES string of the molecule is Cc1ccc(NC(=O)CN2C(=O)S/C(=C\c3ccc(C)n3-c3ccccc3)C2=O)cc1C. The fraction of sp³-hybridized carbons (Fsp3) is 0.160. The van der Waals surface area contributed by atoms with Crippen LogP contribution in [0.4, 0.5) is 10.5 Å². The lowest BCUT2D eigenvalue weighted by atomic mass is 10.1. The molecule has 0 atom stereocenters. The van der Waals surface area contributed by atoms with Gasteiger partial charge in [-0.1, -0.05) is 24.3 Å². The molecule has 1 aliphatic rings. The van der Waals surface area contributed by atoms with Crippen LogP contribution in [0.1, 0.15) is 22.5 Å². The van der Waals surface area contributed by atoms with Gasteiger partial charge in [-0.15, -0.1) is 0 Å². The summed E-state index contributed by atoms with van der Waals surface area (Å²) in [4.78, 5) is 39.1. The molecule has 1 aromatic heterocycles. The molecule has 7 heteroatoms. The lowest BCUT2D eigenvalue weighted by Crippen LogP contribution is -2.36. The molecule has 1 fully saturated rings. The maximum Gasteiger partial charge on any atom is 0.294 e. The largest absolute Gasteiger partial charge is 0.325 e. The highest BCUT2D eigenvalue weighted by Gasteiger charge is 2.36. The Morgan fingerprint density at radius 2 is 1.72 bits per heavy atom. The summed E-state index contributed by atoms with van der Waals surface area (Å²) in [7, 11) is 0. The molecule has 1 saturated heterocycles. The summed E-state index contributed by atoms with van der Waals surface area (Å²) in [5.41, 5.74) is 5.57. The molecule has 0 bridgehead atoms. The molecule has 0 aliphatic carbocycles. The number of nitrogens with zero attached hydrogens (tertiary/aromatic N) is 2. The Labute approximate surface area is 190 Å². The van der Waals surface area contributed by atoms with Gasteiger partial charge in [0.05, 0.1) is 4.91 Å². The number of aromatic nitrogens is 1. The summed E-state index contributed by atoms with van der Waals surface area (Å²) in [5, 5.41) is 2.31. The van der Waals surface area contributed by atoms with Gasteiger partial charge >= 0.3 is 0 Å². The minimum atomic E-state index is -0.464. The highest BCUT2D eigenvalue weighted by molar-refractivity contribution is 8.18. The lowest BCUT2D eigenvalue weighted by molar-refractivity contribution is -0.127. The number of imide groups is 1. The second kappa shape index (κ2) is 8.88. The number of thioether (sulfide) groups is 1. The van der Waals surface area contributed by atoms with Gasteiger partial charge in [-0.2, -0.15) is 0 Å². The van der Waals surface area contributed by atoms with Crippen molar-refractivity contribution in [2.45, 2.75) is 20.8 Å². The first kappa shape index (κ1) is 21.6. The smallest absolute Gasteiger partial charge is 0.294 e. The zero-order valence-corrected chi connectivity index (χ0v) is 18.9. The standard InChI is InChI=1S/C25H23N3O3S/c1-16-9-11-19(13-17(16)2)26-23(29)15-27-24(30)22(32-25(27)31)14-21-12-10-18(3)28(21)20-7-5-4-6-8-20/h4-14H,15H2,1-3H3,(H,26,29)/b22-14-. The van der Waals surface area contributed by atoms with E-state index in [-0.39, 0.29) is 6.54 Å². The summed E-state index contributed by atoms with van der Waals surface area (Å²) >= 11 is 0.848. The zero-order valence-electron chi connectivity index (χ0n) is 18.1. The van der Waals surface area contributed by atoms with Crippen molar-refractivity contribution in [1.82, 2.24) is 9.47 Å². The van der Waals surface area contributed by atoms with Crippen molar-refractivity contribution in [3.05, 3.63) is 88.1 Å². The van der Waals surface area contributed by atoms with Crippen LogP contribution in [0.3, 0.4) is 0 Å². The molecular weight excluding hydrogens is 422 g/mol. The van der Waals surface area contributed by atoms with Gasteiger partial charge in [-0.25, -0.2) is 0 Å². The molecule has 3 amide bonds. The molecule has 2 heterocycles. The second-order valence-corrected chi connectivity index (χ2v) is 8.68. The number of para-hydroxylation sites is 1. The Morgan fingerprint density at radius 3 is 2.44 bits per heavy atom. The normalized spacial score (nSPS) is 15.0. The van der Waals surface area contributed by atoms with Crippen LogP contribution >= 0.6 is 11.8 Å². The number of anilines is 1. The van der Waals surface area contributed by atoms with Crippen molar-refractivity contribution in [3.8, 4) is 5.69 Å². The number of carbonyl (C=O) groups is 3. The molecule has 0 saturated carbocycles. The molecule has 1 aliphatic heterocycles. The van der Waals surface area contributed by atoms with Gasteiger partial charge < -0.3 is 9.88 Å². The molecule has 162 valence electrons. The van der Waals surface area contributed by atoms with E-state index in [9.17, 15) is 14.4 Å². The summed E-state index contributed by atoms with van der Waals surface area (Å²) in [5.74, 6) is -0.881. The molecule has 32 heavy (non-hydrogen) atoms. The van der Waals surface area contributed by atoms with E-state index in [0.717, 1.165) is 44.9 Å². The minimum Gasteiger partial charge on any atom is -0.325 e. The van der Waals surface area contributed by atoms with Crippen LogP contribution in [-0.2, 0) is 9.59 Å². The van der Waals surface area contributed by atoms with Crippen LogP contribution in [0.2, 0.25) is 0 Å². The van der Waals surface area contributed by atoms with Crippen LogP contribution < -0.4 is 5.32 Å². The van der Waals surface area contributed by atoms with Crippen molar-refractivity contribution < 1.29 is 14.4 Å². The molecule has 1 N–H and O–H groups in total. The number of carbonyl (C=O) groups excluding carboxylic acids is 3. The van der Waals surface area contributed by atoms with Crippen LogP contribution in [-0.4, -0.2) is 33.1 Å². The lowest BCUT2D eigenvalue weighted by Gasteiger charge is -2.13. The third-order valence-electron chi connectivity index (χ3n) is 5.37. The predicted octanol–water partition coefficient (Wildman–Crippen LogP) is 5.08. The monoisotopic (exact) mass is 445 g/mol.